The minimum Gasteiger partial charge on any atom is -0.495 e. The maximum absolute atomic E-state index is 14.3. The van der Waals surface area contributed by atoms with Gasteiger partial charge in [-0.1, -0.05) is 90.0 Å². The summed E-state index contributed by atoms with van der Waals surface area (Å²) in [6.45, 7) is 10.1. The molecule has 2 fully saturated rings. The normalized spacial score (nSPS) is 22.4. The third kappa shape index (κ3) is 18.3. The first-order valence-electron chi connectivity index (χ1n) is 31.1. The lowest BCUT2D eigenvalue weighted by molar-refractivity contribution is -0.162. The molecular weight excluding hydrogens is 1210 g/mol. The second kappa shape index (κ2) is 32.7. The highest BCUT2D eigenvalue weighted by atomic mass is 35.5. The van der Waals surface area contributed by atoms with E-state index in [1.807, 2.05) is 61.5 Å². The Morgan fingerprint density at radius 1 is 0.891 bits per heavy atom. The van der Waals surface area contributed by atoms with Crippen LogP contribution in [0.5, 0.6) is 5.75 Å². The van der Waals surface area contributed by atoms with Crippen molar-refractivity contribution in [2.24, 2.45) is 5.92 Å². The predicted octanol–water partition coefficient (Wildman–Crippen LogP) is 6.48. The number of hydrogen-bond acceptors (Lipinski definition) is 18. The number of amides is 6. The van der Waals surface area contributed by atoms with Gasteiger partial charge < -0.3 is 67.9 Å². The Bertz CT molecular complexity index is 3330. The van der Waals surface area contributed by atoms with Gasteiger partial charge in [0.2, 0.25) is 29.5 Å². The van der Waals surface area contributed by atoms with Gasteiger partial charge in [-0.2, -0.15) is 0 Å². The molecule has 2 saturated heterocycles. The largest absolute Gasteiger partial charge is 0.495 e. The van der Waals surface area contributed by atoms with E-state index in [9.17, 15) is 38.7 Å². The molecule has 3 aromatic carbocycles. The Labute approximate surface area is 541 Å². The highest BCUT2D eigenvalue weighted by molar-refractivity contribution is 6.35. The summed E-state index contributed by atoms with van der Waals surface area (Å²) in [5.41, 5.74) is 4.06. The number of aromatic nitrogens is 3. The number of H-pyrrole nitrogens is 1. The van der Waals surface area contributed by atoms with Gasteiger partial charge in [0.1, 0.15) is 46.0 Å². The lowest BCUT2D eigenvalue weighted by atomic mass is 9.84. The van der Waals surface area contributed by atoms with Gasteiger partial charge in [0.05, 0.1) is 96.1 Å². The minimum absolute atomic E-state index is 0.0281. The van der Waals surface area contributed by atoms with Gasteiger partial charge in [-0.15, -0.1) is 5.10 Å². The smallest absolute Gasteiger partial charge is 0.409 e. The molecule has 25 nitrogen and oxygen atoms in total. The zero-order chi connectivity index (χ0) is 66.1. The molecule has 0 spiro atoms. The topological polar surface area (TPSA) is 295 Å². The van der Waals surface area contributed by atoms with Crippen molar-refractivity contribution in [1.29, 1.82) is 0 Å². The molecule has 92 heavy (non-hydrogen) atoms. The van der Waals surface area contributed by atoms with Gasteiger partial charge in [-0.3, -0.25) is 34.4 Å². The average molecular weight is 1300 g/mol. The Kier molecular flexibility index (Phi) is 24.9. The molecule has 4 N–H and O–H groups in total. The van der Waals surface area contributed by atoms with Crippen LogP contribution in [0.4, 0.5) is 16.2 Å². The number of methoxy groups -OCH3 is 1. The zero-order valence-corrected chi connectivity index (χ0v) is 54.4. The third-order valence-corrected chi connectivity index (χ3v) is 17.5. The molecule has 4 aliphatic heterocycles. The summed E-state index contributed by atoms with van der Waals surface area (Å²) in [7, 11) is 6.15. The average Bonchev–Trinajstić information content (AvgIpc) is 1.57. The highest BCUT2D eigenvalue weighted by Crippen LogP contribution is 2.49. The summed E-state index contributed by atoms with van der Waals surface area (Å²) in [6, 6.07) is 17.9. The van der Waals surface area contributed by atoms with Crippen LogP contribution < -0.4 is 25.2 Å². The van der Waals surface area contributed by atoms with Gasteiger partial charge >= 0.3 is 12.1 Å². The van der Waals surface area contributed by atoms with Crippen LogP contribution >= 0.6 is 11.6 Å². The van der Waals surface area contributed by atoms with E-state index in [1.54, 1.807) is 57.1 Å². The Morgan fingerprint density at radius 2 is 1.57 bits per heavy atom. The number of anilines is 2. The monoisotopic (exact) mass is 1300 g/mol. The molecule has 4 bridgehead atoms. The number of alkyl carbamates (subject to hydrolysis) is 1. The summed E-state index contributed by atoms with van der Waals surface area (Å²) in [5.74, 6) is -2.40. The van der Waals surface area contributed by atoms with Crippen LogP contribution in [0, 0.1) is 5.92 Å². The zero-order valence-electron chi connectivity index (χ0n) is 53.7. The number of aliphatic hydroxyl groups is 1. The minimum atomic E-state index is -1.63. The molecule has 7 atom stereocenters. The van der Waals surface area contributed by atoms with E-state index in [2.05, 4.69) is 26.0 Å². The first-order valence-corrected chi connectivity index (χ1v) is 31.5. The van der Waals surface area contributed by atoms with Crippen molar-refractivity contribution in [2.45, 2.75) is 128 Å². The highest BCUT2D eigenvalue weighted by Gasteiger charge is 2.64. The van der Waals surface area contributed by atoms with Crippen molar-refractivity contribution in [3.63, 3.8) is 0 Å². The first-order chi connectivity index (χ1) is 44.1. The van der Waals surface area contributed by atoms with E-state index in [4.69, 9.17) is 49.5 Å². The molecule has 1 aromatic heterocycles. The lowest BCUT2D eigenvalue weighted by Gasteiger charge is -2.39. The Morgan fingerprint density at radius 3 is 2.29 bits per heavy atom. The van der Waals surface area contributed by atoms with Crippen molar-refractivity contribution < 1.29 is 76.6 Å². The van der Waals surface area contributed by atoms with E-state index in [0.717, 1.165) is 44.9 Å². The number of esters is 1. The summed E-state index contributed by atoms with van der Waals surface area (Å²) in [6.07, 6.45) is 2.67. The number of rotatable bonds is 26. The Hall–Kier alpha value is -7.78. The van der Waals surface area contributed by atoms with Crippen molar-refractivity contribution >= 4 is 64.6 Å². The number of fused-ring (bicyclic) bond motifs is 10. The number of para-hydroxylation sites is 1. The summed E-state index contributed by atoms with van der Waals surface area (Å²) in [4.78, 5) is 99.9. The number of aromatic amines is 1. The van der Waals surface area contributed by atoms with Gasteiger partial charge in [0, 0.05) is 89.8 Å². The number of ether oxygens (including phenoxy) is 8. The molecule has 5 heterocycles. The molecule has 0 aliphatic carbocycles. The van der Waals surface area contributed by atoms with Crippen molar-refractivity contribution in [1.82, 2.24) is 35.8 Å². The standard InChI is InChI=1S/C66H86ClN9O16/c1-42-16-13-14-25-66(84)40-52(90-64(83)69-66)43(2)62-65(4,92-62)53(39-58(81)75(7)50-37-45(36-42)38-51(85-8)59(50)67)91-63(82)44(3)74(6)56(79)22-15-21-55(78)73(5)27-29-87-31-33-89-35-34-88-32-30-86-28-24-54(77)68-26-23-57(80)76-41-46-17-9-10-18-47(46)60-61(71-72-70-60)48-19-11-12-20-49(48)76/h9-14,16-20,37-38,43-44,52-53,62,84H,15,21-36,39-41H2,1-8H3,(H,68,77)(H,69,83)(H,70,71,72)/b14-13+,42-16-/t43-,44+,52+,53+,62+,65+,66-/m0/s1. The number of hydrogen-bond donors (Lipinski definition) is 4. The molecule has 26 heteroatoms. The fourth-order valence-corrected chi connectivity index (χ4v) is 11.7. The van der Waals surface area contributed by atoms with Crippen LogP contribution in [0.25, 0.3) is 22.5 Å². The van der Waals surface area contributed by atoms with Crippen LogP contribution in [-0.2, 0) is 74.9 Å². The molecular formula is C66H86ClN9O16. The van der Waals surface area contributed by atoms with E-state index in [0.29, 0.717) is 64.0 Å². The maximum atomic E-state index is 14.3. The quantitative estimate of drug-likeness (QED) is 0.0297. The van der Waals surface area contributed by atoms with Crippen LogP contribution in [0.15, 0.2) is 84.5 Å². The van der Waals surface area contributed by atoms with Crippen LogP contribution in [0.2, 0.25) is 5.02 Å². The second-order valence-corrected chi connectivity index (χ2v) is 24.1. The number of allylic oxidation sites excluding steroid dienone is 3. The van der Waals surface area contributed by atoms with Gasteiger partial charge in [-0.25, -0.2) is 9.59 Å². The molecule has 8 rings (SSSR count). The molecule has 4 aliphatic rings. The molecule has 0 unspecified atom stereocenters. The van der Waals surface area contributed by atoms with E-state index in [-0.39, 0.29) is 100 Å². The van der Waals surface area contributed by atoms with E-state index >= 15 is 0 Å². The number of halogens is 1. The number of nitrogens with one attached hydrogen (secondary N) is 3. The van der Waals surface area contributed by atoms with Crippen LogP contribution in [0.1, 0.15) is 90.2 Å². The summed E-state index contributed by atoms with van der Waals surface area (Å²) >= 11 is 6.82. The number of nitrogens with zero attached hydrogens (tertiary/aromatic N) is 6. The fraction of sp³-hybridized carbons (Fsp3) is 0.530. The van der Waals surface area contributed by atoms with Crippen molar-refractivity contribution in [2.75, 3.05) is 104 Å². The molecule has 498 valence electrons. The maximum Gasteiger partial charge on any atom is 0.409 e. The summed E-state index contributed by atoms with van der Waals surface area (Å²) in [5, 5.41) is 28.5. The van der Waals surface area contributed by atoms with Gasteiger partial charge in [0.15, 0.2) is 0 Å². The molecule has 0 saturated carbocycles. The lowest BCUT2D eigenvalue weighted by Crippen LogP contribution is -2.57. The van der Waals surface area contributed by atoms with E-state index in [1.165, 1.54) is 35.8 Å². The first kappa shape index (κ1) is 70.1. The van der Waals surface area contributed by atoms with Crippen molar-refractivity contribution in [3.05, 3.63) is 101 Å². The summed E-state index contributed by atoms with van der Waals surface area (Å²) < 4.78 is 46.1. The SMILES string of the molecule is COc1cc2cc(c1Cl)N(C)C(=O)C[C@@H](OC(=O)[C@@H](C)N(C)C(=O)CCCC(=O)N(C)CCOCCOCCOCCOCCC(=O)NCCC(=O)N1Cc3ccccc3-c3nn[nH]c3-c3ccccc31)[C@@]1(C)O[C@@H]1[C@@H](C)[C@H]1C[C@@](O)(C/C=C/C=C(/C)C2)NC(=O)O1. The fourth-order valence-electron chi connectivity index (χ4n) is 11.4. The molecule has 0 radical (unpaired) electrons. The number of likely N-dealkylation sites (N-methyl/N-ethyl adjacent to an activating group) is 2. The number of carbonyl (C=O) groups is 7. The molecule has 4 aromatic rings. The van der Waals surface area contributed by atoms with Crippen LogP contribution in [-0.4, -0.2) is 202 Å². The molecule has 6 amide bonds. The number of epoxide rings is 1. The third-order valence-electron chi connectivity index (χ3n) is 17.1. The van der Waals surface area contributed by atoms with Gasteiger partial charge in [-0.05, 0) is 62.9 Å². The number of benzene rings is 3. The number of carbonyl (C=O) groups excluding carboxylic acids is 7. The Balaban J connectivity index is 0.686. The van der Waals surface area contributed by atoms with Crippen LogP contribution in [0.3, 0.4) is 0 Å². The van der Waals surface area contributed by atoms with Crippen molar-refractivity contribution in [3.8, 4) is 28.3 Å². The van der Waals surface area contributed by atoms with Gasteiger partial charge in [0.25, 0.3) is 0 Å². The second-order valence-electron chi connectivity index (χ2n) is 23.8. The predicted molar refractivity (Wildman–Crippen MR) is 340 cm³/mol. The van der Waals surface area contributed by atoms with E-state index < -0.39 is 65.5 Å².